The van der Waals surface area contributed by atoms with E-state index in [9.17, 15) is 26.3 Å². The Morgan fingerprint density at radius 2 is 1.23 bits per heavy atom. The number of halogens is 6. The fourth-order valence-corrected chi connectivity index (χ4v) is 5.11. The van der Waals surface area contributed by atoms with Crippen LogP contribution in [0.5, 0.6) is 0 Å². The van der Waals surface area contributed by atoms with Crippen molar-refractivity contribution >= 4 is 23.1 Å². The third-order valence-corrected chi connectivity index (χ3v) is 7.39. The highest BCUT2D eigenvalue weighted by Crippen LogP contribution is 2.38. The van der Waals surface area contributed by atoms with Crippen LogP contribution in [-0.4, -0.2) is 0 Å². The first-order chi connectivity index (χ1) is 18.6. The van der Waals surface area contributed by atoms with Crippen LogP contribution >= 0.6 is 11.8 Å². The number of rotatable bonds is 6. The van der Waals surface area contributed by atoms with Crippen molar-refractivity contribution in [1.29, 1.82) is 0 Å². The van der Waals surface area contributed by atoms with Crippen molar-refractivity contribution in [2.45, 2.75) is 29.0 Å². The predicted molar refractivity (Wildman–Crippen MR) is 142 cm³/mol. The molecule has 4 aromatic rings. The van der Waals surface area contributed by atoms with Crippen molar-refractivity contribution in [2.75, 3.05) is 5.01 Å². The SMILES string of the molecule is FC(F)(F)c1ccc(C2=CC(c3ccc(SCc4ccccc4)cc3)N(c3ccc(C(F)(F)F)cc3)N2)cc1. The Kier molecular flexibility index (Phi) is 7.36. The van der Waals surface area contributed by atoms with E-state index in [4.69, 9.17) is 0 Å². The van der Waals surface area contributed by atoms with E-state index in [0.717, 1.165) is 40.5 Å². The molecule has 1 N–H and O–H groups in total. The Bertz CT molecular complexity index is 1430. The summed E-state index contributed by atoms with van der Waals surface area (Å²) in [6, 6.07) is 27.0. The second-order valence-corrected chi connectivity index (χ2v) is 10.0. The monoisotopic (exact) mass is 556 g/mol. The topological polar surface area (TPSA) is 15.3 Å². The van der Waals surface area contributed by atoms with E-state index < -0.39 is 29.5 Å². The molecule has 0 amide bonds. The zero-order chi connectivity index (χ0) is 27.6. The van der Waals surface area contributed by atoms with Gasteiger partial charge >= 0.3 is 12.4 Å². The van der Waals surface area contributed by atoms with Gasteiger partial charge < -0.3 is 0 Å². The Morgan fingerprint density at radius 1 is 0.667 bits per heavy atom. The lowest BCUT2D eigenvalue weighted by Crippen LogP contribution is -2.34. The lowest BCUT2D eigenvalue weighted by Gasteiger charge is -2.28. The van der Waals surface area contributed by atoms with Crippen LogP contribution in [0.2, 0.25) is 0 Å². The molecule has 0 saturated heterocycles. The second kappa shape index (κ2) is 10.7. The van der Waals surface area contributed by atoms with Gasteiger partial charge in [-0.1, -0.05) is 54.6 Å². The number of nitrogens with zero attached hydrogens (tertiary/aromatic N) is 1. The van der Waals surface area contributed by atoms with Gasteiger partial charge in [-0.05, 0) is 71.3 Å². The van der Waals surface area contributed by atoms with Crippen LogP contribution in [0, 0.1) is 0 Å². The normalized spacial score (nSPS) is 15.7. The minimum absolute atomic E-state index is 0.410. The van der Waals surface area contributed by atoms with E-state index in [2.05, 4.69) is 17.6 Å². The second-order valence-electron chi connectivity index (χ2n) is 8.97. The summed E-state index contributed by atoms with van der Waals surface area (Å²) in [6.07, 6.45) is -7.06. The molecule has 1 heterocycles. The van der Waals surface area contributed by atoms with Crippen LogP contribution in [0.1, 0.15) is 33.9 Å². The van der Waals surface area contributed by atoms with Crippen LogP contribution in [0.15, 0.2) is 114 Å². The Balaban J connectivity index is 1.42. The lowest BCUT2D eigenvalue weighted by molar-refractivity contribution is -0.138. The maximum absolute atomic E-state index is 13.1. The molecule has 9 heteroatoms. The quantitative estimate of drug-likeness (QED) is 0.188. The maximum Gasteiger partial charge on any atom is 0.416 e. The van der Waals surface area contributed by atoms with E-state index in [1.165, 1.54) is 29.8 Å². The summed E-state index contributed by atoms with van der Waals surface area (Å²) >= 11 is 1.68. The molecule has 0 saturated carbocycles. The van der Waals surface area contributed by atoms with E-state index in [-0.39, 0.29) is 0 Å². The van der Waals surface area contributed by atoms with Crippen LogP contribution in [-0.2, 0) is 18.1 Å². The van der Waals surface area contributed by atoms with Crippen molar-refractivity contribution in [3.05, 3.63) is 137 Å². The molecule has 0 fully saturated rings. The smallest absolute Gasteiger partial charge is 0.297 e. The highest BCUT2D eigenvalue weighted by Gasteiger charge is 2.33. The average Bonchev–Trinajstić information content (AvgIpc) is 3.38. The van der Waals surface area contributed by atoms with Gasteiger partial charge in [-0.15, -0.1) is 11.8 Å². The van der Waals surface area contributed by atoms with Gasteiger partial charge in [0, 0.05) is 10.6 Å². The molecule has 1 aliphatic rings. The largest absolute Gasteiger partial charge is 0.416 e. The van der Waals surface area contributed by atoms with Crippen LogP contribution in [0.3, 0.4) is 0 Å². The molecule has 200 valence electrons. The summed E-state index contributed by atoms with van der Waals surface area (Å²) in [5.74, 6) is 0.806. The van der Waals surface area contributed by atoms with Gasteiger partial charge in [0.05, 0.1) is 28.6 Å². The molecule has 5 rings (SSSR count). The summed E-state index contributed by atoms with van der Waals surface area (Å²) < 4.78 is 78.5. The predicted octanol–water partition coefficient (Wildman–Crippen LogP) is 9.12. The highest BCUT2D eigenvalue weighted by molar-refractivity contribution is 7.98. The highest BCUT2D eigenvalue weighted by atomic mass is 32.2. The molecule has 2 nitrogen and oxygen atoms in total. The summed E-state index contributed by atoms with van der Waals surface area (Å²) in [5, 5.41) is 1.71. The molecule has 1 atom stereocenters. The number of anilines is 1. The van der Waals surface area contributed by atoms with Gasteiger partial charge in [-0.2, -0.15) is 26.3 Å². The molecule has 0 bridgehead atoms. The van der Waals surface area contributed by atoms with Crippen molar-refractivity contribution in [1.82, 2.24) is 5.43 Å². The summed E-state index contributed by atoms with van der Waals surface area (Å²) in [4.78, 5) is 1.06. The third-order valence-electron chi connectivity index (χ3n) is 6.31. The Morgan fingerprint density at radius 3 is 1.79 bits per heavy atom. The van der Waals surface area contributed by atoms with Gasteiger partial charge in [-0.25, -0.2) is 0 Å². The van der Waals surface area contributed by atoms with Crippen molar-refractivity contribution in [3.63, 3.8) is 0 Å². The van der Waals surface area contributed by atoms with Crippen LogP contribution < -0.4 is 10.4 Å². The number of alkyl halides is 6. The van der Waals surface area contributed by atoms with Crippen molar-refractivity contribution < 1.29 is 26.3 Å². The molecule has 0 radical (unpaired) electrons. The number of thioether (sulfide) groups is 1. The van der Waals surface area contributed by atoms with Gasteiger partial charge in [0.15, 0.2) is 0 Å². The lowest BCUT2D eigenvalue weighted by atomic mass is 10.0. The Labute approximate surface area is 225 Å². The average molecular weight is 557 g/mol. The Hall–Kier alpha value is -3.85. The first-order valence-corrected chi connectivity index (χ1v) is 13.0. The number of benzene rings is 4. The molecule has 0 aliphatic carbocycles. The van der Waals surface area contributed by atoms with Crippen molar-refractivity contribution in [3.8, 4) is 0 Å². The minimum atomic E-state index is -4.47. The fraction of sp³-hybridized carbons (Fsp3) is 0.133. The zero-order valence-corrected chi connectivity index (χ0v) is 21.1. The van der Waals surface area contributed by atoms with E-state index in [1.807, 2.05) is 48.5 Å². The fourth-order valence-electron chi connectivity index (χ4n) is 4.25. The molecule has 4 aromatic carbocycles. The summed E-state index contributed by atoms with van der Waals surface area (Å²) in [6.45, 7) is 0. The summed E-state index contributed by atoms with van der Waals surface area (Å²) in [7, 11) is 0. The molecule has 0 spiro atoms. The van der Waals surface area contributed by atoms with Crippen LogP contribution in [0.4, 0.5) is 32.0 Å². The molecule has 1 unspecified atom stereocenters. The first-order valence-electron chi connectivity index (χ1n) is 12.0. The molecule has 0 aromatic heterocycles. The van der Waals surface area contributed by atoms with Gasteiger partial charge in [-0.3, -0.25) is 10.4 Å². The molecular formula is C30H22F6N2S. The van der Waals surface area contributed by atoms with Gasteiger partial charge in [0.2, 0.25) is 0 Å². The van der Waals surface area contributed by atoms with Gasteiger partial charge in [0.1, 0.15) is 0 Å². The van der Waals surface area contributed by atoms with E-state index in [0.29, 0.717) is 16.9 Å². The van der Waals surface area contributed by atoms with E-state index in [1.54, 1.807) is 16.8 Å². The minimum Gasteiger partial charge on any atom is -0.297 e. The molecule has 1 aliphatic heterocycles. The molecular weight excluding hydrogens is 534 g/mol. The standard InChI is InChI=1S/C30H22F6N2S/c31-29(32,33)23-10-6-21(7-11-23)27-18-28(38(37-27)25-14-12-24(13-15-25)30(34,35)36)22-8-16-26(17-9-22)39-19-20-4-2-1-3-5-20/h1-18,28,37H,19H2. The van der Waals surface area contributed by atoms with Gasteiger partial charge in [0.25, 0.3) is 0 Å². The molecule has 39 heavy (non-hydrogen) atoms. The number of hydrogen-bond acceptors (Lipinski definition) is 3. The van der Waals surface area contributed by atoms with E-state index >= 15 is 0 Å². The number of hydrazine groups is 1. The number of hydrogen-bond donors (Lipinski definition) is 1. The number of nitrogens with one attached hydrogen (secondary N) is 1. The third kappa shape index (κ3) is 6.25. The van der Waals surface area contributed by atoms with Crippen LogP contribution in [0.25, 0.3) is 5.70 Å². The summed E-state index contributed by atoms with van der Waals surface area (Å²) in [5.41, 5.74) is 5.28. The maximum atomic E-state index is 13.1. The van der Waals surface area contributed by atoms with Crippen molar-refractivity contribution in [2.24, 2.45) is 0 Å². The zero-order valence-electron chi connectivity index (χ0n) is 20.3. The first kappa shape index (κ1) is 26.7.